The molecule has 1 aromatic heterocycles. The zero-order chi connectivity index (χ0) is 41.3. The van der Waals surface area contributed by atoms with Gasteiger partial charge in [-0.2, -0.15) is 0 Å². The average molecular weight is 804 g/mol. The summed E-state index contributed by atoms with van der Waals surface area (Å²) in [4.78, 5) is 85.4. The number of carbonyl (C=O) groups excluding carboxylic acids is 6. The van der Waals surface area contributed by atoms with Crippen molar-refractivity contribution in [2.45, 2.75) is 77.7 Å². The van der Waals surface area contributed by atoms with Crippen LogP contribution in [0, 0.1) is 29.3 Å². The van der Waals surface area contributed by atoms with Crippen LogP contribution < -0.4 is 10.6 Å². The average Bonchev–Trinajstić information content (AvgIpc) is 3.67. The first kappa shape index (κ1) is 40.5. The van der Waals surface area contributed by atoms with Gasteiger partial charge in [0.2, 0.25) is 23.6 Å². The van der Waals surface area contributed by atoms with Crippen molar-refractivity contribution in [2.75, 3.05) is 6.61 Å². The molecular weight excluding hydrogens is 767 g/mol. The third kappa shape index (κ3) is 8.51. The third-order valence-electron chi connectivity index (χ3n) is 9.37. The summed E-state index contributed by atoms with van der Waals surface area (Å²) in [6.07, 6.45) is -0.354. The first-order chi connectivity index (χ1) is 27.0. The van der Waals surface area contributed by atoms with Crippen molar-refractivity contribution in [3.8, 4) is 11.8 Å². The number of H-pyrrole nitrogens is 1. The standard InChI is InChI=1S/C41H37ClF3N5O7/c1-5-57-40(56)35-33(25-13-12-23(42)18-29(25)46-35)36(38(54)48-41(2,3)4)50(19-21-16-27(43)34(45)28(44)17-21)32(52)11-7-9-22-8-6-10-24-26(22)20-49(39(24)55)30-14-15-31(51)47-37(30)53/h6,8,10,12-13,16-18,30,36,46H,5,11,14-15,19-20H2,1-4H3,(H,48,54)(H,47,51,53). The quantitative estimate of drug-likeness (QED) is 0.0861. The largest absolute Gasteiger partial charge is 0.461 e. The molecule has 3 N–H and O–H groups in total. The number of esters is 1. The lowest BCUT2D eigenvalue weighted by atomic mass is 9.97. The molecule has 2 aliphatic rings. The van der Waals surface area contributed by atoms with E-state index in [1.807, 2.05) is 0 Å². The predicted octanol–water partition coefficient (Wildman–Crippen LogP) is 5.60. The van der Waals surface area contributed by atoms with Gasteiger partial charge in [0.25, 0.3) is 5.91 Å². The van der Waals surface area contributed by atoms with Crippen LogP contribution in [0.2, 0.25) is 5.02 Å². The number of fused-ring (bicyclic) bond motifs is 2. The second-order valence-corrected chi connectivity index (χ2v) is 15.0. The van der Waals surface area contributed by atoms with E-state index in [-0.39, 0.29) is 47.8 Å². The van der Waals surface area contributed by atoms with E-state index in [2.05, 4.69) is 27.5 Å². The molecule has 16 heteroatoms. The van der Waals surface area contributed by atoms with Gasteiger partial charge in [0.05, 0.1) is 13.0 Å². The van der Waals surface area contributed by atoms with Gasteiger partial charge in [-0.25, -0.2) is 18.0 Å². The Balaban J connectivity index is 1.43. The molecule has 2 unspecified atom stereocenters. The van der Waals surface area contributed by atoms with E-state index < -0.39 is 83.5 Å². The number of hydrogen-bond acceptors (Lipinski definition) is 7. The van der Waals surface area contributed by atoms with E-state index >= 15 is 0 Å². The van der Waals surface area contributed by atoms with Crippen molar-refractivity contribution >= 4 is 58.0 Å². The zero-order valence-electron chi connectivity index (χ0n) is 31.3. The number of rotatable bonds is 9. The van der Waals surface area contributed by atoms with Crippen LogP contribution in [-0.4, -0.2) is 68.5 Å². The van der Waals surface area contributed by atoms with Crippen LogP contribution in [0.1, 0.15) is 96.1 Å². The molecule has 12 nitrogen and oxygen atoms in total. The number of nitrogens with one attached hydrogen (secondary N) is 3. The number of aromatic nitrogens is 1. The van der Waals surface area contributed by atoms with Gasteiger partial charge in [0, 0.05) is 57.7 Å². The number of nitrogens with zero attached hydrogens (tertiary/aromatic N) is 2. The monoisotopic (exact) mass is 803 g/mol. The highest BCUT2D eigenvalue weighted by molar-refractivity contribution is 6.31. The number of imide groups is 1. The second-order valence-electron chi connectivity index (χ2n) is 14.6. The Kier molecular flexibility index (Phi) is 11.5. The summed E-state index contributed by atoms with van der Waals surface area (Å²) >= 11 is 6.27. The molecular formula is C41H37ClF3N5O7. The van der Waals surface area contributed by atoms with Crippen molar-refractivity contribution in [1.29, 1.82) is 0 Å². The molecule has 0 radical (unpaired) electrons. The molecule has 6 rings (SSSR count). The highest BCUT2D eigenvalue weighted by Gasteiger charge is 2.41. The topological polar surface area (TPSA) is 158 Å². The molecule has 0 bridgehead atoms. The van der Waals surface area contributed by atoms with Gasteiger partial charge in [-0.1, -0.05) is 35.6 Å². The highest BCUT2D eigenvalue weighted by atomic mass is 35.5. The van der Waals surface area contributed by atoms with Crippen molar-refractivity contribution in [2.24, 2.45) is 0 Å². The number of carbonyl (C=O) groups is 6. The maximum Gasteiger partial charge on any atom is 0.355 e. The molecule has 0 aliphatic carbocycles. The van der Waals surface area contributed by atoms with Crippen molar-refractivity contribution < 1.29 is 46.7 Å². The zero-order valence-corrected chi connectivity index (χ0v) is 32.0. The summed E-state index contributed by atoms with van der Waals surface area (Å²) in [5, 5.41) is 5.68. The predicted molar refractivity (Wildman–Crippen MR) is 201 cm³/mol. The molecule has 2 atom stereocenters. The minimum atomic E-state index is -1.73. The summed E-state index contributed by atoms with van der Waals surface area (Å²) in [6.45, 7) is 5.98. The Morgan fingerprint density at radius 2 is 1.79 bits per heavy atom. The van der Waals surface area contributed by atoms with Crippen molar-refractivity contribution in [3.05, 3.63) is 105 Å². The molecule has 0 saturated carbocycles. The molecule has 3 heterocycles. The Labute approximate surface area is 330 Å². The van der Waals surface area contributed by atoms with E-state index in [1.165, 1.54) is 17.0 Å². The maximum absolute atomic E-state index is 14.6. The Morgan fingerprint density at radius 3 is 2.46 bits per heavy atom. The highest BCUT2D eigenvalue weighted by Crippen LogP contribution is 2.36. The Hall–Kier alpha value is -6.14. The lowest BCUT2D eigenvalue weighted by molar-refractivity contribution is -0.141. The van der Waals surface area contributed by atoms with Crippen LogP contribution in [-0.2, 0) is 37.0 Å². The number of ether oxygens (including phenoxy) is 1. The summed E-state index contributed by atoms with van der Waals surface area (Å²) in [6, 6.07) is 8.23. The third-order valence-corrected chi connectivity index (χ3v) is 9.61. The number of amides is 5. The summed E-state index contributed by atoms with van der Waals surface area (Å²) in [5.74, 6) is -2.98. The lowest BCUT2D eigenvalue weighted by Crippen LogP contribution is -2.52. The van der Waals surface area contributed by atoms with Crippen LogP contribution in [0.15, 0.2) is 48.5 Å². The molecule has 57 heavy (non-hydrogen) atoms. The SMILES string of the molecule is CCOC(=O)c1[nH]c2cc(Cl)ccc2c1C(C(=O)NC(C)(C)C)N(Cc1cc(F)c(F)c(F)c1)C(=O)CC#Cc1cccc2c1CN(C1CCC(=O)NC1=O)C2=O. The first-order valence-corrected chi connectivity index (χ1v) is 18.3. The molecule has 2 aliphatic heterocycles. The first-order valence-electron chi connectivity index (χ1n) is 18.0. The van der Waals surface area contributed by atoms with Gasteiger partial charge in [0.15, 0.2) is 17.5 Å². The number of hydrogen-bond donors (Lipinski definition) is 3. The van der Waals surface area contributed by atoms with Gasteiger partial charge in [0.1, 0.15) is 17.8 Å². The molecule has 3 aromatic carbocycles. The van der Waals surface area contributed by atoms with E-state index in [9.17, 15) is 41.9 Å². The molecule has 296 valence electrons. The van der Waals surface area contributed by atoms with E-state index in [0.29, 0.717) is 39.7 Å². The molecule has 1 saturated heterocycles. The van der Waals surface area contributed by atoms with Crippen LogP contribution in [0.3, 0.4) is 0 Å². The van der Waals surface area contributed by atoms with Crippen LogP contribution in [0.25, 0.3) is 10.9 Å². The van der Waals surface area contributed by atoms with Gasteiger partial charge >= 0.3 is 5.97 Å². The summed E-state index contributed by atoms with van der Waals surface area (Å²) in [7, 11) is 0. The molecule has 1 fully saturated rings. The van der Waals surface area contributed by atoms with Crippen LogP contribution in [0.5, 0.6) is 0 Å². The fourth-order valence-electron chi connectivity index (χ4n) is 6.94. The minimum absolute atomic E-state index is 0.000774. The minimum Gasteiger partial charge on any atom is -0.461 e. The number of piperidine rings is 1. The van der Waals surface area contributed by atoms with E-state index in [0.717, 1.165) is 4.90 Å². The lowest BCUT2D eigenvalue weighted by Gasteiger charge is -2.34. The van der Waals surface area contributed by atoms with Gasteiger partial charge in [-0.05, 0) is 81.6 Å². The number of halogens is 4. The number of benzene rings is 3. The van der Waals surface area contributed by atoms with Gasteiger partial charge < -0.3 is 24.8 Å². The Bertz CT molecular complexity index is 2390. The molecule has 4 aromatic rings. The summed E-state index contributed by atoms with van der Waals surface area (Å²) in [5.41, 5.74) is 0.203. The van der Waals surface area contributed by atoms with E-state index in [1.54, 1.807) is 52.0 Å². The molecule has 0 spiro atoms. The second kappa shape index (κ2) is 16.1. The smallest absolute Gasteiger partial charge is 0.355 e. The van der Waals surface area contributed by atoms with Crippen LogP contribution in [0.4, 0.5) is 13.2 Å². The van der Waals surface area contributed by atoms with Crippen molar-refractivity contribution in [1.82, 2.24) is 25.4 Å². The van der Waals surface area contributed by atoms with Gasteiger partial charge in [-0.15, -0.1) is 0 Å². The van der Waals surface area contributed by atoms with E-state index in [4.69, 9.17) is 16.3 Å². The molecule has 5 amide bonds. The fourth-order valence-corrected chi connectivity index (χ4v) is 7.12. The number of aromatic amines is 1. The van der Waals surface area contributed by atoms with Gasteiger partial charge in [-0.3, -0.25) is 29.3 Å². The normalized spacial score (nSPS) is 15.8. The maximum atomic E-state index is 14.6. The Morgan fingerprint density at radius 1 is 1.07 bits per heavy atom. The fraction of sp³-hybridized carbons (Fsp3) is 0.317. The van der Waals surface area contributed by atoms with Crippen molar-refractivity contribution in [3.63, 3.8) is 0 Å². The summed E-state index contributed by atoms with van der Waals surface area (Å²) < 4.78 is 48.6. The van der Waals surface area contributed by atoms with Crippen LogP contribution >= 0.6 is 11.6 Å².